The second-order valence-corrected chi connectivity index (χ2v) is 7.22. The van der Waals surface area contributed by atoms with Gasteiger partial charge in [0.1, 0.15) is 5.82 Å². The van der Waals surface area contributed by atoms with E-state index >= 15 is 0 Å². The molecule has 0 aliphatic carbocycles. The minimum absolute atomic E-state index is 0.152. The highest BCUT2D eigenvalue weighted by molar-refractivity contribution is 7.99. The number of nitrogens with one attached hydrogen (secondary N) is 2. The molecule has 1 atom stereocenters. The summed E-state index contributed by atoms with van der Waals surface area (Å²) in [5.74, 6) is -0.319. The Morgan fingerprint density at radius 3 is 2.67 bits per heavy atom. The molecule has 24 heavy (non-hydrogen) atoms. The maximum absolute atomic E-state index is 13.5. The summed E-state index contributed by atoms with van der Waals surface area (Å²) in [5, 5.41) is 6.05. The number of benzene rings is 2. The van der Waals surface area contributed by atoms with Crippen molar-refractivity contribution in [3.63, 3.8) is 0 Å². The van der Waals surface area contributed by atoms with Gasteiger partial charge in [-0.1, -0.05) is 32.0 Å². The Labute approximate surface area is 147 Å². The molecule has 5 heteroatoms. The van der Waals surface area contributed by atoms with E-state index < -0.39 is 0 Å². The molecule has 2 aromatic rings. The van der Waals surface area contributed by atoms with Gasteiger partial charge in [-0.05, 0) is 43.2 Å². The Morgan fingerprint density at radius 1 is 1.25 bits per heavy atom. The highest BCUT2D eigenvalue weighted by Crippen LogP contribution is 2.28. The first-order chi connectivity index (χ1) is 11.5. The summed E-state index contributed by atoms with van der Waals surface area (Å²) in [5.41, 5.74) is 2.23. The predicted octanol–water partition coefficient (Wildman–Crippen LogP) is 5.35. The highest BCUT2D eigenvalue weighted by Gasteiger charge is 2.08. The van der Waals surface area contributed by atoms with E-state index in [1.807, 2.05) is 30.8 Å². The van der Waals surface area contributed by atoms with Gasteiger partial charge in [-0.3, -0.25) is 0 Å². The van der Waals surface area contributed by atoms with Crippen molar-refractivity contribution in [2.75, 3.05) is 5.32 Å². The molecule has 1 unspecified atom stereocenters. The molecule has 3 nitrogen and oxygen atoms in total. The molecule has 128 valence electrons. The van der Waals surface area contributed by atoms with Crippen LogP contribution in [0.25, 0.3) is 0 Å². The number of urea groups is 1. The van der Waals surface area contributed by atoms with Crippen molar-refractivity contribution in [2.45, 2.75) is 43.9 Å². The lowest BCUT2D eigenvalue weighted by atomic mass is 10.2. The summed E-state index contributed by atoms with van der Waals surface area (Å²) in [6.07, 6.45) is 1.11. The summed E-state index contributed by atoms with van der Waals surface area (Å²) in [7, 11) is 0. The number of aryl methyl sites for hydroxylation is 1. The number of carbonyl (C=O) groups excluding carboxylic acids is 1. The monoisotopic (exact) mass is 346 g/mol. The summed E-state index contributed by atoms with van der Waals surface area (Å²) in [4.78, 5) is 13.2. The van der Waals surface area contributed by atoms with Crippen molar-refractivity contribution in [1.29, 1.82) is 0 Å². The largest absolute Gasteiger partial charge is 0.334 e. The van der Waals surface area contributed by atoms with Gasteiger partial charge in [0.2, 0.25) is 0 Å². The highest BCUT2D eigenvalue weighted by atomic mass is 32.2. The van der Waals surface area contributed by atoms with Crippen molar-refractivity contribution < 1.29 is 9.18 Å². The number of carbonyl (C=O) groups is 1. The van der Waals surface area contributed by atoms with Crippen LogP contribution < -0.4 is 10.6 Å². The molecular formula is C19H23FN2OS. The molecule has 0 fully saturated rings. The smallest absolute Gasteiger partial charge is 0.319 e. The molecule has 2 rings (SSSR count). The van der Waals surface area contributed by atoms with Gasteiger partial charge in [-0.2, -0.15) is 0 Å². The standard InChI is InChI=1S/C19H23FN2OS/c1-4-14(3)24-16-9-10-18(13(2)11-16)22-19(23)21-12-15-7-5-6-8-17(15)20/h5-11,14H,4,12H2,1-3H3,(H2,21,22,23). The van der Waals surface area contributed by atoms with Gasteiger partial charge in [0.15, 0.2) is 0 Å². The minimum Gasteiger partial charge on any atom is -0.334 e. The molecule has 0 spiro atoms. The maximum atomic E-state index is 13.5. The number of anilines is 1. The first-order valence-electron chi connectivity index (χ1n) is 8.05. The number of hydrogen-bond acceptors (Lipinski definition) is 2. The van der Waals surface area contributed by atoms with Crippen LogP contribution in [0.15, 0.2) is 47.4 Å². The van der Waals surface area contributed by atoms with E-state index in [2.05, 4.69) is 30.5 Å². The van der Waals surface area contributed by atoms with Crippen molar-refractivity contribution in [3.8, 4) is 0 Å². The molecule has 0 aliphatic rings. The zero-order valence-electron chi connectivity index (χ0n) is 14.2. The van der Waals surface area contributed by atoms with E-state index in [1.165, 1.54) is 11.0 Å². The van der Waals surface area contributed by atoms with Gasteiger partial charge < -0.3 is 10.6 Å². The molecule has 0 aromatic heterocycles. The van der Waals surface area contributed by atoms with Crippen LogP contribution in [0.5, 0.6) is 0 Å². The number of hydrogen-bond donors (Lipinski definition) is 2. The molecule has 2 N–H and O–H groups in total. The molecule has 0 heterocycles. The van der Waals surface area contributed by atoms with E-state index in [0.717, 1.165) is 17.7 Å². The van der Waals surface area contributed by atoms with Crippen LogP contribution in [0.2, 0.25) is 0 Å². The molecule has 2 aromatic carbocycles. The van der Waals surface area contributed by atoms with Crippen molar-refractivity contribution in [1.82, 2.24) is 5.32 Å². The van der Waals surface area contributed by atoms with Gasteiger partial charge in [0.25, 0.3) is 0 Å². The quantitative estimate of drug-likeness (QED) is 0.693. The Balaban J connectivity index is 1.93. The molecule has 0 bridgehead atoms. The second kappa shape index (κ2) is 8.73. The average molecular weight is 346 g/mol. The Kier molecular flexibility index (Phi) is 6.67. The molecular weight excluding hydrogens is 323 g/mol. The lowest BCUT2D eigenvalue weighted by molar-refractivity contribution is 0.251. The summed E-state index contributed by atoms with van der Waals surface area (Å²) >= 11 is 1.82. The van der Waals surface area contributed by atoms with Crippen LogP contribution in [-0.4, -0.2) is 11.3 Å². The van der Waals surface area contributed by atoms with E-state index in [4.69, 9.17) is 0 Å². The zero-order valence-corrected chi connectivity index (χ0v) is 15.0. The second-order valence-electron chi connectivity index (χ2n) is 5.71. The van der Waals surface area contributed by atoms with Gasteiger partial charge in [0.05, 0.1) is 0 Å². The van der Waals surface area contributed by atoms with Crippen molar-refractivity contribution >= 4 is 23.5 Å². The molecule has 2 amide bonds. The Morgan fingerprint density at radius 2 is 2.00 bits per heavy atom. The summed E-state index contributed by atoms with van der Waals surface area (Å²) < 4.78 is 13.5. The van der Waals surface area contributed by atoms with E-state index in [-0.39, 0.29) is 18.4 Å². The average Bonchev–Trinajstić information content (AvgIpc) is 2.56. The van der Waals surface area contributed by atoms with Crippen molar-refractivity contribution in [2.24, 2.45) is 0 Å². The third-order valence-electron chi connectivity index (χ3n) is 3.76. The van der Waals surface area contributed by atoms with E-state index in [1.54, 1.807) is 18.2 Å². The van der Waals surface area contributed by atoms with Gasteiger partial charge in [-0.15, -0.1) is 11.8 Å². The van der Waals surface area contributed by atoms with Crippen LogP contribution in [0, 0.1) is 12.7 Å². The maximum Gasteiger partial charge on any atom is 0.319 e. The number of amides is 2. The lowest BCUT2D eigenvalue weighted by Crippen LogP contribution is -2.28. The number of rotatable bonds is 6. The molecule has 0 saturated heterocycles. The topological polar surface area (TPSA) is 41.1 Å². The van der Waals surface area contributed by atoms with Crippen LogP contribution in [0.4, 0.5) is 14.9 Å². The lowest BCUT2D eigenvalue weighted by Gasteiger charge is -2.13. The minimum atomic E-state index is -0.344. The van der Waals surface area contributed by atoms with E-state index in [9.17, 15) is 9.18 Å². The Bertz CT molecular complexity index is 706. The first-order valence-corrected chi connectivity index (χ1v) is 8.93. The third-order valence-corrected chi connectivity index (χ3v) is 5.02. The fourth-order valence-corrected chi connectivity index (χ4v) is 3.17. The van der Waals surface area contributed by atoms with Gasteiger partial charge >= 0.3 is 6.03 Å². The van der Waals surface area contributed by atoms with E-state index in [0.29, 0.717) is 10.8 Å². The molecule has 0 radical (unpaired) electrons. The normalized spacial score (nSPS) is 11.8. The summed E-state index contributed by atoms with van der Waals surface area (Å²) in [6, 6.07) is 12.1. The third kappa shape index (κ3) is 5.27. The molecule has 0 aliphatic heterocycles. The fourth-order valence-electron chi connectivity index (χ4n) is 2.15. The summed E-state index contributed by atoms with van der Waals surface area (Å²) in [6.45, 7) is 6.48. The Hall–Kier alpha value is -2.01. The SMILES string of the molecule is CCC(C)Sc1ccc(NC(=O)NCc2ccccc2F)c(C)c1. The number of thioether (sulfide) groups is 1. The predicted molar refractivity (Wildman–Crippen MR) is 99.0 cm³/mol. The van der Waals surface area contributed by atoms with Gasteiger partial charge in [-0.25, -0.2) is 9.18 Å². The molecule has 0 saturated carbocycles. The van der Waals surface area contributed by atoms with Crippen LogP contribution in [-0.2, 0) is 6.54 Å². The van der Waals surface area contributed by atoms with Crippen LogP contribution in [0.1, 0.15) is 31.4 Å². The van der Waals surface area contributed by atoms with Crippen LogP contribution in [0.3, 0.4) is 0 Å². The van der Waals surface area contributed by atoms with Crippen LogP contribution >= 0.6 is 11.8 Å². The zero-order chi connectivity index (χ0) is 17.5. The fraction of sp³-hybridized carbons (Fsp3) is 0.316. The number of halogens is 1. The van der Waals surface area contributed by atoms with Crippen molar-refractivity contribution in [3.05, 3.63) is 59.4 Å². The first kappa shape index (κ1) is 18.3. The van der Waals surface area contributed by atoms with Gasteiger partial charge in [0, 0.05) is 27.9 Å².